The molecule has 4 fully saturated rings. The van der Waals surface area contributed by atoms with E-state index in [4.69, 9.17) is 14.2 Å². The van der Waals surface area contributed by atoms with Crippen LogP contribution in [-0.4, -0.2) is 110 Å². The number of hydrogen-bond donors (Lipinski definition) is 8. The number of aliphatic hydroxyl groups is 3. The lowest BCUT2D eigenvalue weighted by atomic mass is 9.52. The molecule has 16 heteroatoms. The molecule has 6 aliphatic rings. The van der Waals surface area contributed by atoms with Gasteiger partial charge in [-0.2, -0.15) is 0 Å². The van der Waals surface area contributed by atoms with Gasteiger partial charge in [-0.25, -0.2) is 0 Å². The number of hydrogen-bond acceptors (Lipinski definition) is 15. The number of Topliss-reactive ketones (excluding diaryl/α,β-unsaturated/α-hetero) is 1. The maximum absolute atomic E-state index is 18.0. The van der Waals surface area contributed by atoms with E-state index < -0.39 is 52.1 Å². The van der Waals surface area contributed by atoms with Crippen molar-refractivity contribution in [2.24, 2.45) is 41.4 Å². The molecule has 2 bridgehead atoms. The maximum Gasteiger partial charge on any atom is 0.164 e. The van der Waals surface area contributed by atoms with E-state index >= 15 is 4.79 Å². The predicted octanol–water partition coefficient (Wildman–Crippen LogP) is 14.8. The number of benzene rings is 6. The number of H-pyrrole nitrogens is 1. The van der Waals surface area contributed by atoms with E-state index in [0.717, 1.165) is 126 Å². The first-order valence-electron chi connectivity index (χ1n) is 34.1. The number of phenolic OH excluding ortho intramolecular Hbond substituents is 3. The third kappa shape index (κ3) is 13.1. The first-order valence-corrected chi connectivity index (χ1v) is 39.0. The minimum Gasteiger partial charge on any atom is -0.508 e. The van der Waals surface area contributed by atoms with Crippen molar-refractivity contribution in [3.8, 4) is 28.7 Å². The highest BCUT2D eigenvalue weighted by atomic mass is 33.1. The lowest BCUT2D eigenvalue weighted by Crippen LogP contribution is -2.63. The molecule has 7 aromatic rings. The number of aromatic amines is 1. The molecule has 6 aromatic carbocycles. The molecule has 3 saturated carbocycles. The number of aliphatic hydroxyl groups excluding tert-OH is 3. The quantitative estimate of drug-likeness (QED) is 0.0508. The number of aromatic hydroxyl groups is 3. The van der Waals surface area contributed by atoms with Gasteiger partial charge in [0.1, 0.15) is 11.9 Å². The van der Waals surface area contributed by atoms with Crippen molar-refractivity contribution in [3.05, 3.63) is 183 Å². The summed E-state index contributed by atoms with van der Waals surface area (Å²) in [7, 11) is 8.19. The molecule has 0 amide bonds. The molecule has 8 N–H and O–H groups in total. The van der Waals surface area contributed by atoms with Gasteiger partial charge in [-0.15, -0.1) is 0 Å². The Morgan fingerprint density at radius 3 is 2.38 bits per heavy atom. The van der Waals surface area contributed by atoms with Crippen LogP contribution in [0.3, 0.4) is 0 Å². The van der Waals surface area contributed by atoms with E-state index in [9.17, 15) is 30.6 Å². The molecular weight excluding hydrogens is 1240 g/mol. The summed E-state index contributed by atoms with van der Waals surface area (Å²) in [5, 5.41) is 82.2. The Kier molecular flexibility index (Phi) is 20.8. The van der Waals surface area contributed by atoms with Crippen LogP contribution in [0.5, 0.6) is 28.7 Å². The van der Waals surface area contributed by atoms with Gasteiger partial charge in [0.2, 0.25) is 0 Å². The van der Waals surface area contributed by atoms with Gasteiger partial charge in [0.25, 0.3) is 0 Å². The molecule has 14 atom stereocenters. The van der Waals surface area contributed by atoms with Gasteiger partial charge in [-0.3, -0.25) is 4.79 Å². The lowest BCUT2D eigenvalue weighted by molar-refractivity contribution is -0.150. The normalized spacial score (nSPS) is 30.2. The predicted molar refractivity (Wildman–Crippen MR) is 378 cm³/mol. The molecular formula is C77H92N2O10S4. The highest BCUT2D eigenvalue weighted by Crippen LogP contribution is 2.59. The summed E-state index contributed by atoms with van der Waals surface area (Å²) in [4.78, 5) is 21.3. The maximum atomic E-state index is 18.0. The Hall–Kier alpha value is -5.27. The Morgan fingerprint density at radius 1 is 0.753 bits per heavy atom. The molecule has 3 aliphatic heterocycles. The first-order chi connectivity index (χ1) is 45.3. The summed E-state index contributed by atoms with van der Waals surface area (Å²) < 4.78 is 19.2. The van der Waals surface area contributed by atoms with E-state index in [0.29, 0.717) is 78.4 Å². The Bertz CT molecular complexity index is 3720. The van der Waals surface area contributed by atoms with Crippen LogP contribution >= 0.6 is 43.2 Å². The van der Waals surface area contributed by atoms with Crippen molar-refractivity contribution >= 4 is 59.7 Å². The van der Waals surface area contributed by atoms with Crippen LogP contribution in [-0.2, 0) is 52.6 Å². The van der Waals surface area contributed by atoms with Crippen LogP contribution in [0, 0.1) is 41.4 Å². The zero-order valence-corrected chi connectivity index (χ0v) is 57.1. The third-order valence-electron chi connectivity index (χ3n) is 22.4. The summed E-state index contributed by atoms with van der Waals surface area (Å²) in [5.41, 5.74) is 6.93. The van der Waals surface area contributed by atoms with Gasteiger partial charge in [0, 0.05) is 78.1 Å². The van der Waals surface area contributed by atoms with Crippen molar-refractivity contribution in [1.29, 1.82) is 0 Å². The smallest absolute Gasteiger partial charge is 0.164 e. The number of ether oxygens (including phenoxy) is 3. The fraction of sp³-hybridized carbons (Fsp3) is 0.494. The zero-order valence-electron chi connectivity index (χ0n) is 53.9. The molecule has 12 nitrogen and oxygen atoms in total. The number of ketones is 1. The van der Waals surface area contributed by atoms with E-state index in [1.54, 1.807) is 68.5 Å². The molecule has 0 spiro atoms. The SMILES string of the molecule is CCOCC1CCC2CSSCC(C3(c4cc(O)cc(C56CCCC(Cc7ccccc7)C5CCCN6)c4)C(=O)C4C(CSSC(CO)c5cccc6ccc(CC)c(c56)Cc5c(ccc(O)c5OC)CC(Cc5cc[nH]c5)C4O)CC3O)c3ccc(O)c(c3)OC2C1. The summed E-state index contributed by atoms with van der Waals surface area (Å²) in [5.74, 6) is 0.00825. The number of aromatic nitrogens is 1. The second kappa shape index (κ2) is 29.2. The molecule has 14 unspecified atom stereocenters. The molecule has 494 valence electrons. The summed E-state index contributed by atoms with van der Waals surface area (Å²) >= 11 is 0. The van der Waals surface area contributed by atoms with Crippen LogP contribution in [0.4, 0.5) is 0 Å². The van der Waals surface area contributed by atoms with Crippen molar-refractivity contribution in [1.82, 2.24) is 10.3 Å². The zero-order chi connectivity index (χ0) is 64.4. The van der Waals surface area contributed by atoms with Gasteiger partial charge in [0.05, 0.1) is 36.6 Å². The number of nitrogens with one attached hydrogen (secondary N) is 2. The molecule has 4 heterocycles. The average Bonchev–Trinajstić information content (AvgIpc) is 1.33. The lowest BCUT2D eigenvalue weighted by Gasteiger charge is -2.54. The Labute approximate surface area is 564 Å². The number of carbonyl (C=O) groups excluding carboxylic acids is 1. The molecule has 13 rings (SSSR count). The largest absolute Gasteiger partial charge is 0.508 e. The number of rotatable bonds is 13. The van der Waals surface area contributed by atoms with Gasteiger partial charge < -0.3 is 55.2 Å². The Morgan fingerprint density at radius 2 is 1.57 bits per heavy atom. The van der Waals surface area contributed by atoms with Crippen molar-refractivity contribution in [2.45, 2.75) is 144 Å². The van der Waals surface area contributed by atoms with Crippen LogP contribution in [0.2, 0.25) is 0 Å². The highest BCUT2D eigenvalue weighted by molar-refractivity contribution is 8.77. The minimum atomic E-state index is -1.78. The van der Waals surface area contributed by atoms with E-state index in [-0.39, 0.29) is 54.0 Å². The number of methoxy groups -OCH3 is 1. The second-order valence-corrected chi connectivity index (χ2v) is 32.7. The standard InChI is InChI=1S/C77H92N2O10S4/c1-4-49-20-21-50-14-9-16-60-69(41-80)93-92-44-56-35-70(84)77(64-45-91-90-43-54-19-18-48(42-88-5-2)32-67(54)89-68-34-53(64)23-24-65(68)82,58-36-57(37-59(81)38-58)76-27-10-15-52(63(76)17-11-28-79-76)30-46-12-7-6-8-13-46)75(86)72(56)73(85)55(31-47-26-29-78-40-47)33-51-22-25-66(83)74(87-3)62(51)39-61(49)71(50)60/h6-9,12-14,16,20-26,29,34,36-38,40,48,52,54-56,63-64,67,69-70,72-73,78-85H,4-5,10-11,15,17-19,27-28,30-33,35,39,41-45H2,1-3H3. The summed E-state index contributed by atoms with van der Waals surface area (Å²) in [6, 6.07) is 38.3. The van der Waals surface area contributed by atoms with Gasteiger partial charge >= 0.3 is 0 Å². The molecule has 0 radical (unpaired) electrons. The fourth-order valence-electron chi connectivity index (χ4n) is 17.9. The second-order valence-electron chi connectivity index (χ2n) is 27.5. The van der Waals surface area contributed by atoms with Crippen LogP contribution in [0.1, 0.15) is 138 Å². The van der Waals surface area contributed by atoms with Gasteiger partial charge in [0.15, 0.2) is 28.8 Å². The van der Waals surface area contributed by atoms with Crippen molar-refractivity contribution in [2.75, 3.05) is 50.7 Å². The van der Waals surface area contributed by atoms with E-state index in [1.807, 2.05) is 55.7 Å². The monoisotopic (exact) mass is 1330 g/mol. The topological polar surface area (TPSA) is 194 Å². The number of phenols is 3. The van der Waals surface area contributed by atoms with E-state index in [2.05, 4.69) is 77.9 Å². The number of carbonyl (C=O) groups is 1. The molecule has 1 saturated heterocycles. The molecule has 1 aromatic heterocycles. The average molecular weight is 1330 g/mol. The highest BCUT2D eigenvalue weighted by Gasteiger charge is 2.62. The number of fused-ring (bicyclic) bond motifs is 6. The van der Waals surface area contributed by atoms with Gasteiger partial charge in [-0.05, 0) is 217 Å². The third-order valence-corrected chi connectivity index (χ3v) is 27.8. The van der Waals surface area contributed by atoms with E-state index in [1.165, 1.54) is 5.56 Å². The summed E-state index contributed by atoms with van der Waals surface area (Å²) in [6.45, 7) is 6.09. The van der Waals surface area contributed by atoms with Crippen LogP contribution < -0.4 is 14.8 Å². The summed E-state index contributed by atoms with van der Waals surface area (Å²) in [6.07, 6.45) is 11.6. The molecule has 3 aliphatic carbocycles. The first kappa shape index (κ1) is 66.3. The molecule has 93 heavy (non-hydrogen) atoms. The minimum absolute atomic E-state index is 0.000996. The Balaban J connectivity index is 1.00. The van der Waals surface area contributed by atoms with Crippen molar-refractivity contribution in [3.63, 3.8) is 0 Å². The van der Waals surface area contributed by atoms with Gasteiger partial charge in [-0.1, -0.05) is 135 Å². The number of aryl methyl sites for hydroxylation is 1. The fourth-order valence-corrected chi connectivity index (χ4v) is 23.7. The van der Waals surface area contributed by atoms with Crippen LogP contribution in [0.15, 0.2) is 128 Å². The number of piperidine rings is 1. The van der Waals surface area contributed by atoms with Crippen molar-refractivity contribution < 1.29 is 49.6 Å². The van der Waals surface area contributed by atoms with Crippen LogP contribution in [0.25, 0.3) is 10.8 Å².